The first-order valence-corrected chi connectivity index (χ1v) is 16.2. The van der Waals surface area contributed by atoms with Crippen LogP contribution in [0.4, 0.5) is 5.69 Å². The summed E-state index contributed by atoms with van der Waals surface area (Å²) in [5.74, 6) is -0.310. The van der Waals surface area contributed by atoms with Crippen LogP contribution in [-0.4, -0.2) is 61.5 Å². The maximum absolute atomic E-state index is 13.8. The molecule has 3 aromatic rings. The van der Waals surface area contributed by atoms with Crippen LogP contribution in [0, 0.1) is 0 Å². The highest BCUT2D eigenvalue weighted by Crippen LogP contribution is 2.37. The lowest BCUT2D eigenvalue weighted by Gasteiger charge is -2.27. The number of hydrogen-bond donors (Lipinski definition) is 3. The van der Waals surface area contributed by atoms with Crippen molar-refractivity contribution in [3.8, 4) is 0 Å². The number of anilines is 1. The summed E-state index contributed by atoms with van der Waals surface area (Å²) in [6.07, 6.45) is 6.30. The number of carbonyl (C=O) groups is 1. The second-order valence-corrected chi connectivity index (χ2v) is 13.0. The summed E-state index contributed by atoms with van der Waals surface area (Å²) in [5, 5.41) is 18.8. The van der Waals surface area contributed by atoms with Crippen molar-refractivity contribution in [3.05, 3.63) is 65.4 Å². The third-order valence-electron chi connectivity index (χ3n) is 8.00. The second-order valence-electron chi connectivity index (χ2n) is 10.9. The van der Waals surface area contributed by atoms with E-state index in [9.17, 15) is 18.3 Å². The molecular weight excluding hydrogens is 524 g/mol. The smallest absolute Gasteiger partial charge is 0.251 e. The molecule has 0 saturated carbocycles. The van der Waals surface area contributed by atoms with Crippen molar-refractivity contribution in [2.45, 2.75) is 84.0 Å². The minimum atomic E-state index is -3.50. The van der Waals surface area contributed by atoms with Crippen LogP contribution in [0.1, 0.15) is 67.9 Å². The van der Waals surface area contributed by atoms with Gasteiger partial charge in [-0.05, 0) is 55.9 Å². The van der Waals surface area contributed by atoms with Gasteiger partial charge in [-0.3, -0.25) is 9.10 Å². The quantitative estimate of drug-likeness (QED) is 0.286. The van der Waals surface area contributed by atoms with E-state index in [-0.39, 0.29) is 11.7 Å². The zero-order valence-electron chi connectivity index (χ0n) is 24.2. The Balaban J connectivity index is 1.64. The Kier molecular flexibility index (Phi) is 9.92. The molecule has 4 rings (SSSR count). The van der Waals surface area contributed by atoms with Crippen LogP contribution in [0.15, 0.2) is 48.7 Å². The standard InChI is InChI=1S/C31H44N4O4S/c1-5-11-25(12-6-2)32-20-29(36)26(17-22-13-9-8-10-14-22)33-31(37)24-18-27-30-23(15-16-40(38,39)34(27)4)21-35(7-3)28(30)19-24/h8-10,13-14,18-19,21,25-26,29,32,36H,5-7,11-12,15-17,20H2,1-4H3,(H,33,37)/t26-,29+/m0/s1. The van der Waals surface area contributed by atoms with Gasteiger partial charge in [-0.1, -0.05) is 57.0 Å². The van der Waals surface area contributed by atoms with E-state index in [1.165, 1.54) is 4.31 Å². The van der Waals surface area contributed by atoms with Gasteiger partial charge in [0.15, 0.2) is 0 Å². The Bertz CT molecular complexity index is 1400. The van der Waals surface area contributed by atoms with E-state index in [0.717, 1.165) is 47.7 Å². The van der Waals surface area contributed by atoms with Gasteiger partial charge in [0.1, 0.15) is 0 Å². The number of nitrogens with zero attached hydrogens (tertiary/aromatic N) is 2. The van der Waals surface area contributed by atoms with E-state index in [0.29, 0.717) is 43.2 Å². The van der Waals surface area contributed by atoms with Crippen molar-refractivity contribution in [1.82, 2.24) is 15.2 Å². The van der Waals surface area contributed by atoms with Crippen LogP contribution >= 0.6 is 0 Å². The molecule has 8 nitrogen and oxygen atoms in total. The SMILES string of the molecule is CCCC(CCC)NC[C@@H](O)[C@H](Cc1ccccc1)NC(=O)c1cc2c3c(cn(CC)c3c1)CCS(=O)(=O)N2C. The summed E-state index contributed by atoms with van der Waals surface area (Å²) in [7, 11) is -1.95. The molecule has 0 radical (unpaired) electrons. The molecule has 0 bridgehead atoms. The molecule has 0 saturated heterocycles. The second kappa shape index (κ2) is 13.2. The normalized spacial score (nSPS) is 16.2. The van der Waals surface area contributed by atoms with Gasteiger partial charge in [-0.15, -0.1) is 0 Å². The van der Waals surface area contributed by atoms with Gasteiger partial charge in [0.05, 0.1) is 29.1 Å². The van der Waals surface area contributed by atoms with Crippen LogP contribution in [0.25, 0.3) is 10.9 Å². The average molecular weight is 569 g/mol. The number of sulfonamides is 1. The molecule has 2 heterocycles. The number of aliphatic hydroxyl groups excluding tert-OH is 1. The fourth-order valence-corrected chi connectivity index (χ4v) is 6.92. The number of rotatable bonds is 13. The summed E-state index contributed by atoms with van der Waals surface area (Å²) in [6, 6.07) is 13.1. The highest BCUT2D eigenvalue weighted by atomic mass is 32.2. The van der Waals surface area contributed by atoms with Crippen molar-refractivity contribution in [2.24, 2.45) is 0 Å². The van der Waals surface area contributed by atoms with Crippen LogP contribution in [0.5, 0.6) is 0 Å². The minimum Gasteiger partial charge on any atom is -0.390 e. The maximum atomic E-state index is 13.8. The predicted octanol–water partition coefficient (Wildman–Crippen LogP) is 4.24. The minimum absolute atomic E-state index is 0.0257. The molecule has 1 aromatic heterocycles. The number of amides is 1. The lowest BCUT2D eigenvalue weighted by atomic mass is 9.99. The molecule has 1 amide bonds. The summed E-state index contributed by atoms with van der Waals surface area (Å²) in [4.78, 5) is 13.8. The molecule has 0 unspecified atom stereocenters. The van der Waals surface area contributed by atoms with Gasteiger partial charge in [-0.25, -0.2) is 8.42 Å². The molecule has 2 aromatic carbocycles. The largest absolute Gasteiger partial charge is 0.390 e. The zero-order valence-corrected chi connectivity index (χ0v) is 25.0. The van der Waals surface area contributed by atoms with Gasteiger partial charge in [-0.2, -0.15) is 0 Å². The van der Waals surface area contributed by atoms with E-state index in [2.05, 4.69) is 29.0 Å². The number of hydrogen-bond acceptors (Lipinski definition) is 5. The molecule has 40 heavy (non-hydrogen) atoms. The number of carbonyl (C=O) groups excluding carboxylic acids is 1. The summed E-state index contributed by atoms with van der Waals surface area (Å²) < 4.78 is 29.2. The monoisotopic (exact) mass is 568 g/mol. The lowest BCUT2D eigenvalue weighted by Crippen LogP contribution is -2.50. The Labute approximate surface area is 238 Å². The molecule has 2 atom stereocenters. The molecule has 218 valence electrons. The number of benzene rings is 2. The van der Waals surface area contributed by atoms with Crippen LogP contribution < -0.4 is 14.9 Å². The highest BCUT2D eigenvalue weighted by Gasteiger charge is 2.30. The average Bonchev–Trinajstić information content (AvgIpc) is 3.27. The number of aromatic nitrogens is 1. The first kappa shape index (κ1) is 30.1. The van der Waals surface area contributed by atoms with E-state index < -0.39 is 22.2 Å². The molecule has 1 aliphatic heterocycles. The van der Waals surface area contributed by atoms with Crippen LogP contribution in [-0.2, 0) is 29.4 Å². The summed E-state index contributed by atoms with van der Waals surface area (Å²) in [6.45, 7) is 7.42. The predicted molar refractivity (Wildman–Crippen MR) is 163 cm³/mol. The number of nitrogens with one attached hydrogen (secondary N) is 2. The van der Waals surface area contributed by atoms with Gasteiger partial charge in [0, 0.05) is 43.3 Å². The third-order valence-corrected chi connectivity index (χ3v) is 9.75. The van der Waals surface area contributed by atoms with Crippen molar-refractivity contribution in [1.29, 1.82) is 0 Å². The number of aliphatic hydroxyl groups is 1. The lowest BCUT2D eigenvalue weighted by molar-refractivity contribution is 0.0823. The Morgan fingerprint density at radius 1 is 1.07 bits per heavy atom. The fourth-order valence-electron chi connectivity index (χ4n) is 5.72. The van der Waals surface area contributed by atoms with Crippen molar-refractivity contribution >= 4 is 32.5 Å². The van der Waals surface area contributed by atoms with Gasteiger partial charge < -0.3 is 20.3 Å². The van der Waals surface area contributed by atoms with Gasteiger partial charge >= 0.3 is 0 Å². The molecule has 9 heteroatoms. The Morgan fingerprint density at radius 3 is 2.42 bits per heavy atom. The van der Waals surface area contributed by atoms with Gasteiger partial charge in [0.25, 0.3) is 5.91 Å². The van der Waals surface area contributed by atoms with E-state index in [4.69, 9.17) is 0 Å². The van der Waals surface area contributed by atoms with Crippen LogP contribution in [0.3, 0.4) is 0 Å². The molecule has 0 spiro atoms. The topological polar surface area (TPSA) is 104 Å². The van der Waals surface area contributed by atoms with E-state index in [1.807, 2.05) is 49.5 Å². The highest BCUT2D eigenvalue weighted by molar-refractivity contribution is 7.92. The first-order valence-electron chi connectivity index (χ1n) is 14.6. The molecular formula is C31H44N4O4S. The molecule has 3 N–H and O–H groups in total. The zero-order chi connectivity index (χ0) is 28.9. The molecule has 0 fully saturated rings. The van der Waals surface area contributed by atoms with E-state index >= 15 is 0 Å². The molecule has 0 aliphatic carbocycles. The number of aryl methyl sites for hydroxylation is 2. The molecule has 1 aliphatic rings. The third kappa shape index (κ3) is 6.70. The van der Waals surface area contributed by atoms with E-state index in [1.54, 1.807) is 13.1 Å². The van der Waals surface area contributed by atoms with Crippen molar-refractivity contribution in [2.75, 3.05) is 23.7 Å². The fraction of sp³-hybridized carbons (Fsp3) is 0.516. The van der Waals surface area contributed by atoms with Gasteiger partial charge in [0.2, 0.25) is 10.0 Å². The van der Waals surface area contributed by atoms with Crippen LogP contribution in [0.2, 0.25) is 0 Å². The van der Waals surface area contributed by atoms with Crippen molar-refractivity contribution in [3.63, 3.8) is 0 Å². The van der Waals surface area contributed by atoms with Crippen molar-refractivity contribution < 1.29 is 18.3 Å². The Morgan fingerprint density at radius 2 is 1.77 bits per heavy atom. The first-order chi connectivity index (χ1) is 19.2. The maximum Gasteiger partial charge on any atom is 0.251 e. The summed E-state index contributed by atoms with van der Waals surface area (Å²) in [5.41, 5.74) is 3.73. The summed E-state index contributed by atoms with van der Waals surface area (Å²) >= 11 is 0. The Hall–Kier alpha value is -2.88.